The summed E-state index contributed by atoms with van der Waals surface area (Å²) >= 11 is 0. The lowest BCUT2D eigenvalue weighted by atomic mass is 10.2. The molecule has 1 atom stereocenters. The van der Waals surface area contributed by atoms with Crippen molar-refractivity contribution in [1.82, 2.24) is 4.90 Å². The van der Waals surface area contributed by atoms with Crippen LogP contribution in [0.4, 0.5) is 18.9 Å². The Hall–Kier alpha value is -1.23. The molecule has 16 heavy (non-hydrogen) atoms. The van der Waals surface area contributed by atoms with Crippen LogP contribution in [0.1, 0.15) is 6.42 Å². The fourth-order valence-electron chi connectivity index (χ4n) is 1.91. The van der Waals surface area contributed by atoms with Gasteiger partial charge in [-0.2, -0.15) is 0 Å². The average Bonchev–Trinajstić information content (AvgIpc) is 2.65. The van der Waals surface area contributed by atoms with E-state index in [0.717, 1.165) is 25.6 Å². The lowest BCUT2D eigenvalue weighted by Gasteiger charge is -2.15. The second-order valence-corrected chi connectivity index (χ2v) is 4.12. The van der Waals surface area contributed by atoms with E-state index in [1.807, 2.05) is 7.05 Å². The number of nitrogens with one attached hydrogen (secondary N) is 1. The van der Waals surface area contributed by atoms with E-state index >= 15 is 0 Å². The number of nitrogens with zero attached hydrogens (tertiary/aromatic N) is 1. The molecule has 1 aliphatic heterocycles. The van der Waals surface area contributed by atoms with Gasteiger partial charge in [0.1, 0.15) is 0 Å². The maximum atomic E-state index is 13.3. The maximum Gasteiger partial charge on any atom is 0.196 e. The standard InChI is InChI=1S/C11H13F3N2/c1-16-5-4-7(6-16)15-9-3-2-8(12)10(13)11(9)14/h2-3,7,15H,4-6H2,1H3. The second kappa shape index (κ2) is 4.33. The molecule has 0 radical (unpaired) electrons. The molecule has 1 saturated heterocycles. The largest absolute Gasteiger partial charge is 0.379 e. The molecule has 0 bridgehead atoms. The molecule has 5 heteroatoms. The summed E-state index contributed by atoms with van der Waals surface area (Å²) in [6.07, 6.45) is 0.870. The highest BCUT2D eigenvalue weighted by molar-refractivity contribution is 5.46. The van der Waals surface area contributed by atoms with E-state index < -0.39 is 17.5 Å². The Morgan fingerprint density at radius 3 is 2.62 bits per heavy atom. The van der Waals surface area contributed by atoms with Crippen LogP contribution in [0.3, 0.4) is 0 Å². The fourth-order valence-corrected chi connectivity index (χ4v) is 1.91. The first kappa shape index (κ1) is 11.3. The number of hydrogen-bond acceptors (Lipinski definition) is 2. The molecule has 1 aliphatic rings. The first-order valence-electron chi connectivity index (χ1n) is 5.16. The summed E-state index contributed by atoms with van der Waals surface area (Å²) in [5.74, 6) is -3.72. The normalized spacial score (nSPS) is 21.4. The van der Waals surface area contributed by atoms with Gasteiger partial charge in [-0.25, -0.2) is 13.2 Å². The van der Waals surface area contributed by atoms with Gasteiger partial charge in [0.05, 0.1) is 5.69 Å². The summed E-state index contributed by atoms with van der Waals surface area (Å²) in [4.78, 5) is 2.09. The van der Waals surface area contributed by atoms with Crippen molar-refractivity contribution in [2.75, 3.05) is 25.5 Å². The van der Waals surface area contributed by atoms with E-state index in [9.17, 15) is 13.2 Å². The van der Waals surface area contributed by atoms with Crippen LogP contribution in [-0.4, -0.2) is 31.1 Å². The molecule has 1 unspecified atom stereocenters. The Kier molecular flexibility index (Phi) is 3.05. The first-order valence-corrected chi connectivity index (χ1v) is 5.16. The van der Waals surface area contributed by atoms with Crippen molar-refractivity contribution in [3.8, 4) is 0 Å². The third-order valence-corrected chi connectivity index (χ3v) is 2.79. The van der Waals surface area contributed by atoms with Crippen molar-refractivity contribution in [2.45, 2.75) is 12.5 Å². The van der Waals surface area contributed by atoms with Crippen LogP contribution in [0, 0.1) is 17.5 Å². The van der Waals surface area contributed by atoms with Gasteiger partial charge in [0, 0.05) is 12.6 Å². The minimum absolute atomic E-state index is 0.0270. The molecule has 0 amide bonds. The highest BCUT2D eigenvalue weighted by atomic mass is 19.2. The number of benzene rings is 1. The van der Waals surface area contributed by atoms with Gasteiger partial charge < -0.3 is 10.2 Å². The summed E-state index contributed by atoms with van der Waals surface area (Å²) in [5, 5.41) is 2.88. The zero-order chi connectivity index (χ0) is 11.7. The Morgan fingerprint density at radius 1 is 1.25 bits per heavy atom. The first-order chi connectivity index (χ1) is 7.58. The van der Waals surface area contributed by atoms with Crippen LogP contribution < -0.4 is 5.32 Å². The molecule has 1 N–H and O–H groups in total. The van der Waals surface area contributed by atoms with Crippen molar-refractivity contribution in [1.29, 1.82) is 0 Å². The molecule has 2 rings (SSSR count). The molecule has 2 nitrogen and oxygen atoms in total. The Labute approximate surface area is 92.1 Å². The molecule has 88 valence electrons. The lowest BCUT2D eigenvalue weighted by molar-refractivity contribution is 0.413. The molecule has 0 saturated carbocycles. The minimum atomic E-state index is -1.42. The summed E-state index contributed by atoms with van der Waals surface area (Å²) in [7, 11) is 1.96. The number of likely N-dealkylation sites (tertiary alicyclic amines) is 1. The predicted molar refractivity (Wildman–Crippen MR) is 55.8 cm³/mol. The maximum absolute atomic E-state index is 13.3. The molecule has 0 aliphatic carbocycles. The third kappa shape index (κ3) is 2.14. The van der Waals surface area contributed by atoms with Crippen LogP contribution in [0.15, 0.2) is 12.1 Å². The van der Waals surface area contributed by atoms with Crippen molar-refractivity contribution in [3.05, 3.63) is 29.6 Å². The van der Waals surface area contributed by atoms with E-state index in [4.69, 9.17) is 0 Å². The zero-order valence-corrected chi connectivity index (χ0v) is 8.93. The number of rotatable bonds is 2. The van der Waals surface area contributed by atoms with E-state index in [1.54, 1.807) is 0 Å². The van der Waals surface area contributed by atoms with E-state index in [0.29, 0.717) is 0 Å². The average molecular weight is 230 g/mol. The van der Waals surface area contributed by atoms with Crippen molar-refractivity contribution < 1.29 is 13.2 Å². The minimum Gasteiger partial charge on any atom is -0.379 e. The highest BCUT2D eigenvalue weighted by Gasteiger charge is 2.21. The van der Waals surface area contributed by atoms with E-state index in [-0.39, 0.29) is 11.7 Å². The van der Waals surface area contributed by atoms with Gasteiger partial charge >= 0.3 is 0 Å². The second-order valence-electron chi connectivity index (χ2n) is 4.12. The molecule has 1 aromatic carbocycles. The van der Waals surface area contributed by atoms with Gasteiger partial charge in [-0.3, -0.25) is 0 Å². The van der Waals surface area contributed by atoms with Gasteiger partial charge in [0.15, 0.2) is 17.5 Å². The lowest BCUT2D eigenvalue weighted by Crippen LogP contribution is -2.24. The highest BCUT2D eigenvalue weighted by Crippen LogP contribution is 2.22. The van der Waals surface area contributed by atoms with Crippen molar-refractivity contribution >= 4 is 5.69 Å². The molecule has 1 aromatic rings. The number of likely N-dealkylation sites (N-methyl/N-ethyl adjacent to an activating group) is 1. The summed E-state index contributed by atoms with van der Waals surface area (Å²) in [6, 6.07) is 2.25. The smallest absolute Gasteiger partial charge is 0.196 e. The van der Waals surface area contributed by atoms with E-state index in [2.05, 4.69) is 10.2 Å². The van der Waals surface area contributed by atoms with Crippen LogP contribution in [-0.2, 0) is 0 Å². The van der Waals surface area contributed by atoms with Crippen LogP contribution in [0.5, 0.6) is 0 Å². The van der Waals surface area contributed by atoms with Crippen LogP contribution >= 0.6 is 0 Å². The summed E-state index contributed by atoms with van der Waals surface area (Å²) in [6.45, 7) is 1.70. The molecular weight excluding hydrogens is 217 g/mol. The predicted octanol–water partition coefficient (Wildman–Crippen LogP) is 2.22. The summed E-state index contributed by atoms with van der Waals surface area (Å²) in [5.41, 5.74) is 0.0270. The molecule has 0 aromatic heterocycles. The van der Waals surface area contributed by atoms with Gasteiger partial charge in [-0.1, -0.05) is 0 Å². The number of anilines is 1. The van der Waals surface area contributed by atoms with Gasteiger partial charge in [0.2, 0.25) is 0 Å². The summed E-state index contributed by atoms with van der Waals surface area (Å²) < 4.78 is 38.9. The van der Waals surface area contributed by atoms with Gasteiger partial charge in [0.25, 0.3) is 0 Å². The van der Waals surface area contributed by atoms with E-state index in [1.165, 1.54) is 6.07 Å². The topological polar surface area (TPSA) is 15.3 Å². The zero-order valence-electron chi connectivity index (χ0n) is 8.93. The Morgan fingerprint density at radius 2 is 2.00 bits per heavy atom. The third-order valence-electron chi connectivity index (χ3n) is 2.79. The quantitative estimate of drug-likeness (QED) is 0.784. The van der Waals surface area contributed by atoms with Crippen LogP contribution in [0.2, 0.25) is 0 Å². The number of halogens is 3. The van der Waals surface area contributed by atoms with Crippen LogP contribution in [0.25, 0.3) is 0 Å². The van der Waals surface area contributed by atoms with Crippen molar-refractivity contribution in [2.24, 2.45) is 0 Å². The molecule has 1 heterocycles. The monoisotopic (exact) mass is 230 g/mol. The van der Waals surface area contributed by atoms with Gasteiger partial charge in [-0.15, -0.1) is 0 Å². The molecular formula is C11H13F3N2. The molecule has 1 fully saturated rings. The Balaban J connectivity index is 2.13. The molecule has 0 spiro atoms. The fraction of sp³-hybridized carbons (Fsp3) is 0.455. The van der Waals surface area contributed by atoms with Gasteiger partial charge in [-0.05, 0) is 32.1 Å². The number of hydrogen-bond donors (Lipinski definition) is 1. The van der Waals surface area contributed by atoms with Crippen molar-refractivity contribution in [3.63, 3.8) is 0 Å². The SMILES string of the molecule is CN1CCC(Nc2ccc(F)c(F)c2F)C1. The Bertz CT molecular complexity index is 395.